The van der Waals surface area contributed by atoms with E-state index in [-0.39, 0.29) is 11.7 Å². The second kappa shape index (κ2) is 6.69. The number of carbonyl (C=O) groups is 1. The molecule has 7 heteroatoms. The van der Waals surface area contributed by atoms with E-state index in [0.717, 1.165) is 0 Å². The van der Waals surface area contributed by atoms with Crippen LogP contribution < -0.4 is 26.9 Å². The number of amidine groups is 1. The van der Waals surface area contributed by atoms with Crippen molar-refractivity contribution in [2.24, 2.45) is 16.7 Å². The monoisotopic (exact) mass is 313 g/mol. The summed E-state index contributed by atoms with van der Waals surface area (Å²) >= 11 is 0. The van der Waals surface area contributed by atoms with E-state index in [2.05, 4.69) is 5.10 Å². The Hall–Kier alpha value is -3.22. The summed E-state index contributed by atoms with van der Waals surface area (Å²) in [6.45, 7) is 0. The zero-order valence-corrected chi connectivity index (χ0v) is 13.0. The first-order chi connectivity index (χ1) is 11.0. The molecule has 0 aliphatic rings. The van der Waals surface area contributed by atoms with Crippen LogP contribution in [0.2, 0.25) is 0 Å². The van der Waals surface area contributed by atoms with Gasteiger partial charge in [0, 0.05) is 18.2 Å². The van der Waals surface area contributed by atoms with Gasteiger partial charge >= 0.3 is 0 Å². The predicted octanol–water partition coefficient (Wildman–Crippen LogP) is 1.13. The molecule has 0 spiro atoms. The fourth-order valence-electron chi connectivity index (χ4n) is 2.10. The Kier molecular flexibility index (Phi) is 4.70. The van der Waals surface area contributed by atoms with Crippen molar-refractivity contribution in [3.63, 3.8) is 0 Å². The lowest BCUT2D eigenvalue weighted by Crippen LogP contribution is -2.27. The van der Waals surface area contributed by atoms with E-state index in [1.807, 2.05) is 0 Å². The summed E-state index contributed by atoms with van der Waals surface area (Å²) in [4.78, 5) is 14.0. The number of ether oxygens (including phenoxy) is 1. The van der Waals surface area contributed by atoms with Gasteiger partial charge in [-0.25, -0.2) is 0 Å². The number of carbonyl (C=O) groups excluding carboxylic acids is 1. The quantitative estimate of drug-likeness (QED) is 0.257. The Morgan fingerprint density at radius 2 is 1.74 bits per heavy atom. The van der Waals surface area contributed by atoms with Crippen molar-refractivity contribution < 1.29 is 9.53 Å². The Morgan fingerprint density at radius 3 is 2.30 bits per heavy atom. The summed E-state index contributed by atoms with van der Waals surface area (Å²) in [6.07, 6.45) is 0. The van der Waals surface area contributed by atoms with Gasteiger partial charge in [-0.3, -0.25) is 4.79 Å². The molecule has 0 aromatic heterocycles. The molecule has 0 saturated heterocycles. The van der Waals surface area contributed by atoms with Gasteiger partial charge in [-0.05, 0) is 42.5 Å². The average molecular weight is 313 g/mol. The number of hydrazone groups is 1. The largest absolute Gasteiger partial charge is 0.497 e. The third-order valence-corrected chi connectivity index (χ3v) is 3.47. The number of hydrogen-bond donors (Lipinski definition) is 3. The molecule has 0 aliphatic heterocycles. The van der Waals surface area contributed by atoms with E-state index in [1.165, 1.54) is 4.90 Å². The number of hydrogen-bond acceptors (Lipinski definition) is 5. The van der Waals surface area contributed by atoms with Crippen molar-refractivity contribution in [3.8, 4) is 5.75 Å². The number of amides is 1. The van der Waals surface area contributed by atoms with Gasteiger partial charge < -0.3 is 26.9 Å². The summed E-state index contributed by atoms with van der Waals surface area (Å²) < 4.78 is 5.08. The number of nitrogen functional groups attached to an aromatic ring is 1. The molecule has 0 heterocycles. The first kappa shape index (κ1) is 16.2. The van der Waals surface area contributed by atoms with E-state index >= 15 is 0 Å². The van der Waals surface area contributed by atoms with E-state index in [4.69, 9.17) is 22.0 Å². The van der Waals surface area contributed by atoms with Gasteiger partial charge in [0.25, 0.3) is 5.91 Å². The highest BCUT2D eigenvalue weighted by Crippen LogP contribution is 2.25. The fourth-order valence-corrected chi connectivity index (χ4v) is 2.10. The van der Waals surface area contributed by atoms with Crippen molar-refractivity contribution in [1.29, 1.82) is 0 Å². The zero-order valence-electron chi connectivity index (χ0n) is 13.0. The second-order valence-corrected chi connectivity index (χ2v) is 4.88. The summed E-state index contributed by atoms with van der Waals surface area (Å²) in [7, 11) is 3.20. The smallest absolute Gasteiger partial charge is 0.258 e. The molecule has 23 heavy (non-hydrogen) atoms. The number of anilines is 2. The van der Waals surface area contributed by atoms with Gasteiger partial charge in [0.2, 0.25) is 0 Å². The molecule has 120 valence electrons. The number of benzene rings is 2. The summed E-state index contributed by atoms with van der Waals surface area (Å²) in [5.74, 6) is 5.82. The van der Waals surface area contributed by atoms with Crippen molar-refractivity contribution in [1.82, 2.24) is 0 Å². The molecule has 0 atom stereocenters. The highest BCUT2D eigenvalue weighted by atomic mass is 16.5. The highest BCUT2D eigenvalue weighted by molar-refractivity contribution is 6.08. The minimum atomic E-state index is -0.209. The van der Waals surface area contributed by atoms with Gasteiger partial charge in [0.05, 0.1) is 18.5 Å². The van der Waals surface area contributed by atoms with Crippen LogP contribution in [0.15, 0.2) is 47.6 Å². The van der Waals surface area contributed by atoms with Gasteiger partial charge in [-0.1, -0.05) is 0 Å². The molecule has 0 aliphatic carbocycles. The summed E-state index contributed by atoms with van der Waals surface area (Å²) in [5.41, 5.74) is 13.7. The van der Waals surface area contributed by atoms with E-state index in [9.17, 15) is 4.79 Å². The Labute approximate surface area is 134 Å². The van der Waals surface area contributed by atoms with Crippen molar-refractivity contribution in [3.05, 3.63) is 53.6 Å². The van der Waals surface area contributed by atoms with Crippen LogP contribution in [0, 0.1) is 0 Å². The van der Waals surface area contributed by atoms with Crippen LogP contribution in [0.3, 0.4) is 0 Å². The molecular weight excluding hydrogens is 294 g/mol. The number of nitrogens with two attached hydrogens (primary N) is 3. The van der Waals surface area contributed by atoms with Gasteiger partial charge in [-0.15, -0.1) is 0 Å². The van der Waals surface area contributed by atoms with Gasteiger partial charge in [-0.2, -0.15) is 5.10 Å². The minimum Gasteiger partial charge on any atom is -0.497 e. The summed E-state index contributed by atoms with van der Waals surface area (Å²) in [6, 6.07) is 11.8. The lowest BCUT2D eigenvalue weighted by atomic mass is 10.1. The van der Waals surface area contributed by atoms with Crippen LogP contribution in [0.4, 0.5) is 11.4 Å². The third kappa shape index (κ3) is 3.34. The Balaban J connectivity index is 2.34. The van der Waals surface area contributed by atoms with Crippen LogP contribution in [-0.2, 0) is 0 Å². The second-order valence-electron chi connectivity index (χ2n) is 4.88. The number of methoxy groups -OCH3 is 1. The molecule has 2 aromatic carbocycles. The van der Waals surface area contributed by atoms with Gasteiger partial charge in [0.1, 0.15) is 11.6 Å². The molecule has 0 bridgehead atoms. The van der Waals surface area contributed by atoms with E-state index < -0.39 is 0 Å². The molecular formula is C16H19N5O2. The molecule has 0 fully saturated rings. The van der Waals surface area contributed by atoms with Crippen LogP contribution in [0.5, 0.6) is 5.75 Å². The first-order valence-corrected chi connectivity index (χ1v) is 6.83. The maximum absolute atomic E-state index is 12.6. The van der Waals surface area contributed by atoms with Crippen molar-refractivity contribution in [2.75, 3.05) is 24.8 Å². The lowest BCUT2D eigenvalue weighted by Gasteiger charge is -2.20. The van der Waals surface area contributed by atoms with Crippen LogP contribution in [0.25, 0.3) is 0 Å². The van der Waals surface area contributed by atoms with E-state index in [1.54, 1.807) is 56.6 Å². The average Bonchev–Trinajstić information content (AvgIpc) is 2.60. The maximum atomic E-state index is 12.6. The number of nitrogens with zero attached hydrogens (tertiary/aromatic N) is 2. The molecule has 2 aromatic rings. The molecule has 7 nitrogen and oxygen atoms in total. The molecule has 2 rings (SSSR count). The SMILES string of the molecule is COc1ccc(C(=O)N(C)c2cc(/C(N)=N/N)ccc2N)cc1. The van der Waals surface area contributed by atoms with Crippen LogP contribution in [-0.4, -0.2) is 25.9 Å². The van der Waals surface area contributed by atoms with E-state index in [0.29, 0.717) is 28.3 Å². The standard InChI is InChI=1S/C16H19N5O2/c1-21(16(22)10-3-6-12(23-2)7-4-10)14-9-11(15(18)20-19)5-8-13(14)17/h3-9H,17,19H2,1-2H3,(H2,18,20). The number of rotatable bonds is 4. The molecule has 0 saturated carbocycles. The zero-order chi connectivity index (χ0) is 17.0. The van der Waals surface area contributed by atoms with Crippen molar-refractivity contribution >= 4 is 23.1 Å². The molecule has 0 radical (unpaired) electrons. The lowest BCUT2D eigenvalue weighted by molar-refractivity contribution is 0.0993. The third-order valence-electron chi connectivity index (χ3n) is 3.47. The minimum absolute atomic E-state index is 0.163. The summed E-state index contributed by atoms with van der Waals surface area (Å²) in [5, 5.41) is 3.45. The first-order valence-electron chi connectivity index (χ1n) is 6.83. The van der Waals surface area contributed by atoms with Crippen LogP contribution >= 0.6 is 0 Å². The molecule has 1 amide bonds. The predicted molar refractivity (Wildman–Crippen MR) is 91.5 cm³/mol. The highest BCUT2D eigenvalue weighted by Gasteiger charge is 2.17. The Bertz CT molecular complexity index is 741. The molecule has 0 unspecified atom stereocenters. The molecule has 6 N–H and O–H groups in total. The fraction of sp³-hybridized carbons (Fsp3) is 0.125. The normalized spacial score (nSPS) is 11.1. The van der Waals surface area contributed by atoms with Crippen molar-refractivity contribution in [2.45, 2.75) is 0 Å². The van der Waals surface area contributed by atoms with Gasteiger partial charge in [0.15, 0.2) is 0 Å². The topological polar surface area (TPSA) is 120 Å². The van der Waals surface area contributed by atoms with Crippen LogP contribution in [0.1, 0.15) is 15.9 Å². The maximum Gasteiger partial charge on any atom is 0.258 e. The Morgan fingerprint density at radius 1 is 1.13 bits per heavy atom.